The van der Waals surface area contributed by atoms with Crippen molar-refractivity contribution in [3.63, 3.8) is 0 Å². The van der Waals surface area contributed by atoms with E-state index in [0.29, 0.717) is 12.4 Å². The first kappa shape index (κ1) is 15.4. The number of alkyl halides is 3. The zero-order chi connectivity index (χ0) is 14.6. The third-order valence-corrected chi connectivity index (χ3v) is 2.37. The summed E-state index contributed by atoms with van der Waals surface area (Å²) in [5.74, 6) is -0.753. The van der Waals surface area contributed by atoms with Crippen molar-refractivity contribution in [2.75, 3.05) is 0 Å². The fraction of sp³-hybridized carbons (Fsp3) is 0.545. The highest BCUT2D eigenvalue weighted by atomic mass is 19.4. The van der Waals surface area contributed by atoms with Crippen molar-refractivity contribution in [2.45, 2.75) is 32.7 Å². The molecule has 0 saturated heterocycles. The number of hydrogen-bond donors (Lipinski definition) is 1. The zero-order valence-corrected chi connectivity index (χ0v) is 10.4. The van der Waals surface area contributed by atoms with Crippen LogP contribution < -0.4 is 5.73 Å². The van der Waals surface area contributed by atoms with Crippen LogP contribution in [0.2, 0.25) is 0 Å². The number of esters is 1. The lowest BCUT2D eigenvalue weighted by Gasteiger charge is -2.14. The zero-order valence-electron chi connectivity index (χ0n) is 10.4. The van der Waals surface area contributed by atoms with Crippen molar-refractivity contribution in [1.29, 1.82) is 0 Å². The number of halogens is 3. The van der Waals surface area contributed by atoms with Crippen LogP contribution in [0.15, 0.2) is 12.4 Å². The van der Waals surface area contributed by atoms with Crippen LogP contribution in [0.4, 0.5) is 13.2 Å². The Morgan fingerprint density at radius 2 is 1.89 bits per heavy atom. The number of ether oxygens (including phenoxy) is 1. The van der Waals surface area contributed by atoms with E-state index >= 15 is 0 Å². The first-order chi connectivity index (χ1) is 8.71. The van der Waals surface area contributed by atoms with Crippen LogP contribution in [-0.4, -0.2) is 22.0 Å². The maximum Gasteiger partial charge on any atom is 0.419 e. The van der Waals surface area contributed by atoms with Gasteiger partial charge in [0.1, 0.15) is 6.04 Å². The highest BCUT2D eigenvalue weighted by Crippen LogP contribution is 2.27. The van der Waals surface area contributed by atoms with Gasteiger partial charge in [-0.2, -0.15) is 13.2 Å². The SMILES string of the molecule is CC(C)C(N)C(=O)OCc1ncc(C(F)(F)F)cn1. The summed E-state index contributed by atoms with van der Waals surface area (Å²) >= 11 is 0. The van der Waals surface area contributed by atoms with Gasteiger partial charge in [0.2, 0.25) is 0 Å². The van der Waals surface area contributed by atoms with Crippen LogP contribution in [0.25, 0.3) is 0 Å². The molecular weight excluding hydrogens is 263 g/mol. The second-order valence-electron chi connectivity index (χ2n) is 4.26. The Morgan fingerprint density at radius 3 is 2.32 bits per heavy atom. The molecule has 2 N–H and O–H groups in total. The normalized spacial score (nSPS) is 13.4. The molecule has 0 aliphatic carbocycles. The maximum absolute atomic E-state index is 12.2. The standard InChI is InChI=1S/C11H14F3N3O2/c1-6(2)9(15)10(18)19-5-8-16-3-7(4-17-8)11(12,13)14/h3-4,6,9H,5,15H2,1-2H3. The van der Waals surface area contributed by atoms with Gasteiger partial charge in [0.15, 0.2) is 12.4 Å². The first-order valence-corrected chi connectivity index (χ1v) is 5.52. The Labute approximate surface area is 108 Å². The van der Waals surface area contributed by atoms with Gasteiger partial charge in [-0.15, -0.1) is 0 Å². The number of nitrogens with two attached hydrogens (primary N) is 1. The lowest BCUT2D eigenvalue weighted by Crippen LogP contribution is -2.36. The molecule has 0 amide bonds. The summed E-state index contributed by atoms with van der Waals surface area (Å²) in [6.07, 6.45) is -3.22. The van der Waals surface area contributed by atoms with E-state index in [1.54, 1.807) is 13.8 Å². The summed E-state index contributed by atoms with van der Waals surface area (Å²) < 4.78 is 41.5. The van der Waals surface area contributed by atoms with Gasteiger partial charge in [0.05, 0.1) is 5.56 Å². The molecule has 0 fully saturated rings. The van der Waals surface area contributed by atoms with Gasteiger partial charge in [-0.05, 0) is 5.92 Å². The van der Waals surface area contributed by atoms with Crippen molar-refractivity contribution in [1.82, 2.24) is 9.97 Å². The molecule has 5 nitrogen and oxygen atoms in total. The third-order valence-electron chi connectivity index (χ3n) is 2.37. The molecule has 0 aliphatic rings. The van der Waals surface area contributed by atoms with E-state index in [2.05, 4.69) is 9.97 Å². The second-order valence-corrected chi connectivity index (χ2v) is 4.26. The molecule has 1 heterocycles. The molecule has 106 valence electrons. The summed E-state index contributed by atoms with van der Waals surface area (Å²) in [5, 5.41) is 0. The van der Waals surface area contributed by atoms with Crippen LogP contribution in [0.1, 0.15) is 25.2 Å². The topological polar surface area (TPSA) is 78.1 Å². The summed E-state index contributed by atoms with van der Waals surface area (Å²) in [5.41, 5.74) is 4.58. The summed E-state index contributed by atoms with van der Waals surface area (Å²) in [6, 6.07) is -0.783. The molecule has 0 bridgehead atoms. The van der Waals surface area contributed by atoms with Gasteiger partial charge >= 0.3 is 12.1 Å². The van der Waals surface area contributed by atoms with Crippen molar-refractivity contribution in [3.05, 3.63) is 23.8 Å². The minimum absolute atomic E-state index is 0.0164. The van der Waals surface area contributed by atoms with Gasteiger partial charge in [0, 0.05) is 12.4 Å². The molecule has 0 aliphatic heterocycles. The molecule has 1 aromatic heterocycles. The molecule has 1 unspecified atom stereocenters. The molecule has 8 heteroatoms. The minimum Gasteiger partial charge on any atom is -0.456 e. The number of hydrogen-bond acceptors (Lipinski definition) is 5. The number of nitrogens with zero attached hydrogens (tertiary/aromatic N) is 2. The lowest BCUT2D eigenvalue weighted by atomic mass is 10.1. The molecule has 0 radical (unpaired) electrons. The molecule has 1 rings (SSSR count). The molecule has 0 saturated carbocycles. The Balaban J connectivity index is 2.58. The quantitative estimate of drug-likeness (QED) is 0.844. The average Bonchev–Trinajstić information content (AvgIpc) is 2.34. The summed E-state index contributed by atoms with van der Waals surface area (Å²) in [6.45, 7) is 3.19. The smallest absolute Gasteiger partial charge is 0.419 e. The fourth-order valence-electron chi connectivity index (χ4n) is 1.08. The summed E-state index contributed by atoms with van der Waals surface area (Å²) in [7, 11) is 0. The van der Waals surface area contributed by atoms with Crippen LogP contribution >= 0.6 is 0 Å². The number of carbonyl (C=O) groups excluding carboxylic acids is 1. The predicted molar refractivity (Wildman–Crippen MR) is 59.6 cm³/mol. The number of rotatable bonds is 4. The maximum atomic E-state index is 12.2. The Hall–Kier alpha value is -1.70. The Bertz CT molecular complexity index is 432. The Morgan fingerprint density at radius 1 is 1.37 bits per heavy atom. The fourth-order valence-corrected chi connectivity index (χ4v) is 1.08. The molecular formula is C11H14F3N3O2. The van der Waals surface area contributed by atoms with Crippen molar-refractivity contribution >= 4 is 5.97 Å². The number of carbonyl (C=O) groups is 1. The van der Waals surface area contributed by atoms with E-state index < -0.39 is 23.8 Å². The van der Waals surface area contributed by atoms with Crippen LogP contribution in [0.5, 0.6) is 0 Å². The van der Waals surface area contributed by atoms with Gasteiger partial charge in [0.25, 0.3) is 0 Å². The van der Waals surface area contributed by atoms with Crippen LogP contribution in [0.3, 0.4) is 0 Å². The van der Waals surface area contributed by atoms with E-state index in [-0.39, 0.29) is 18.3 Å². The minimum atomic E-state index is -4.49. The number of aromatic nitrogens is 2. The van der Waals surface area contributed by atoms with E-state index in [4.69, 9.17) is 10.5 Å². The molecule has 0 aromatic carbocycles. The molecule has 19 heavy (non-hydrogen) atoms. The molecule has 0 spiro atoms. The highest BCUT2D eigenvalue weighted by molar-refractivity contribution is 5.75. The second kappa shape index (κ2) is 5.96. The van der Waals surface area contributed by atoms with Gasteiger partial charge in [-0.3, -0.25) is 4.79 Å². The van der Waals surface area contributed by atoms with E-state index in [0.717, 1.165) is 0 Å². The van der Waals surface area contributed by atoms with Crippen molar-refractivity contribution < 1.29 is 22.7 Å². The van der Waals surface area contributed by atoms with E-state index in [1.807, 2.05) is 0 Å². The van der Waals surface area contributed by atoms with Gasteiger partial charge in [-0.25, -0.2) is 9.97 Å². The van der Waals surface area contributed by atoms with Gasteiger partial charge < -0.3 is 10.5 Å². The summed E-state index contributed by atoms with van der Waals surface area (Å²) in [4.78, 5) is 18.3. The predicted octanol–water partition coefficient (Wildman–Crippen LogP) is 1.52. The molecule has 1 atom stereocenters. The highest BCUT2D eigenvalue weighted by Gasteiger charge is 2.31. The first-order valence-electron chi connectivity index (χ1n) is 5.52. The largest absolute Gasteiger partial charge is 0.456 e. The monoisotopic (exact) mass is 277 g/mol. The van der Waals surface area contributed by atoms with Crippen LogP contribution in [-0.2, 0) is 22.3 Å². The van der Waals surface area contributed by atoms with Gasteiger partial charge in [-0.1, -0.05) is 13.8 Å². The van der Waals surface area contributed by atoms with E-state index in [9.17, 15) is 18.0 Å². The lowest BCUT2D eigenvalue weighted by molar-refractivity contribution is -0.148. The van der Waals surface area contributed by atoms with Crippen molar-refractivity contribution in [2.24, 2.45) is 11.7 Å². The Kier molecular flexibility index (Phi) is 4.82. The van der Waals surface area contributed by atoms with E-state index in [1.165, 1.54) is 0 Å². The average molecular weight is 277 g/mol. The van der Waals surface area contributed by atoms with Crippen LogP contribution in [0, 0.1) is 5.92 Å². The third kappa shape index (κ3) is 4.47. The molecule has 1 aromatic rings. The van der Waals surface area contributed by atoms with Crippen molar-refractivity contribution in [3.8, 4) is 0 Å².